The highest BCUT2D eigenvalue weighted by atomic mass is 32.2. The fraction of sp³-hybridized carbons (Fsp3) is 0.571. The molecular formula is C14H21NO4S. The molecule has 20 heavy (non-hydrogen) atoms. The van der Waals surface area contributed by atoms with Crippen LogP contribution in [-0.2, 0) is 6.54 Å². The molecule has 0 atom stereocenters. The molecule has 1 aromatic rings. The van der Waals surface area contributed by atoms with Crippen molar-refractivity contribution in [2.45, 2.75) is 23.9 Å². The summed E-state index contributed by atoms with van der Waals surface area (Å²) in [7, 11) is 0. The quantitative estimate of drug-likeness (QED) is 0.681. The van der Waals surface area contributed by atoms with E-state index in [9.17, 15) is 10.2 Å². The van der Waals surface area contributed by atoms with E-state index < -0.39 is 5.54 Å². The van der Waals surface area contributed by atoms with E-state index in [-0.39, 0.29) is 13.2 Å². The van der Waals surface area contributed by atoms with Crippen LogP contribution in [-0.4, -0.2) is 48.4 Å². The summed E-state index contributed by atoms with van der Waals surface area (Å²) < 4.78 is 11.2. The predicted molar refractivity (Wildman–Crippen MR) is 78.6 cm³/mol. The molecule has 0 amide bonds. The van der Waals surface area contributed by atoms with Gasteiger partial charge in [-0.25, -0.2) is 0 Å². The molecule has 112 valence electrons. The Kier molecular flexibility index (Phi) is 5.15. The van der Waals surface area contributed by atoms with E-state index in [4.69, 9.17) is 9.47 Å². The van der Waals surface area contributed by atoms with Crippen molar-refractivity contribution in [1.29, 1.82) is 0 Å². The molecule has 0 aromatic heterocycles. The molecule has 0 spiro atoms. The number of fused-ring (bicyclic) bond motifs is 1. The average Bonchev–Trinajstić information content (AvgIpc) is 2.51. The van der Waals surface area contributed by atoms with E-state index in [1.807, 2.05) is 18.4 Å². The predicted octanol–water partition coefficient (Wildman–Crippen LogP) is 1.01. The molecule has 0 aliphatic carbocycles. The average molecular weight is 299 g/mol. The summed E-state index contributed by atoms with van der Waals surface area (Å²) in [4.78, 5) is 1.10. The third-order valence-corrected chi connectivity index (χ3v) is 4.17. The number of nitrogens with one attached hydrogen (secondary N) is 1. The van der Waals surface area contributed by atoms with Gasteiger partial charge in [0.15, 0.2) is 11.5 Å². The van der Waals surface area contributed by atoms with Crippen LogP contribution >= 0.6 is 11.8 Å². The van der Waals surface area contributed by atoms with E-state index in [2.05, 4.69) is 5.32 Å². The maximum atomic E-state index is 9.31. The van der Waals surface area contributed by atoms with Gasteiger partial charge in [-0.1, -0.05) is 0 Å². The minimum absolute atomic E-state index is 0.122. The molecule has 0 unspecified atom stereocenters. The van der Waals surface area contributed by atoms with Crippen molar-refractivity contribution in [3.8, 4) is 11.5 Å². The molecule has 2 rings (SSSR count). The first-order valence-corrected chi connectivity index (χ1v) is 7.77. The van der Waals surface area contributed by atoms with Gasteiger partial charge in [0.05, 0.1) is 18.8 Å². The van der Waals surface area contributed by atoms with Crippen LogP contribution in [0.5, 0.6) is 11.5 Å². The number of aliphatic hydroxyl groups is 2. The number of rotatable bonds is 6. The van der Waals surface area contributed by atoms with E-state index in [1.54, 1.807) is 18.7 Å². The maximum Gasteiger partial charge on any atom is 0.162 e. The molecule has 0 radical (unpaired) electrons. The lowest BCUT2D eigenvalue weighted by Crippen LogP contribution is -2.48. The molecule has 0 fully saturated rings. The molecular weight excluding hydrogens is 278 g/mol. The third kappa shape index (κ3) is 3.38. The van der Waals surface area contributed by atoms with Gasteiger partial charge in [0.25, 0.3) is 0 Å². The van der Waals surface area contributed by atoms with E-state index in [0.717, 1.165) is 22.0 Å². The monoisotopic (exact) mass is 299 g/mol. The summed E-state index contributed by atoms with van der Waals surface area (Å²) in [5.41, 5.74) is 0.373. The lowest BCUT2D eigenvalue weighted by molar-refractivity contribution is 0.103. The Hall–Kier alpha value is -0.950. The standard InChI is InChI=1S/C14H21NO4S/c1-14(8-16,9-17)15-7-10-5-11-12(6-13(10)20-2)19-4-3-18-11/h5-6,15-17H,3-4,7-9H2,1-2H3. The summed E-state index contributed by atoms with van der Waals surface area (Å²) in [6.07, 6.45) is 2.01. The first-order chi connectivity index (χ1) is 9.61. The lowest BCUT2D eigenvalue weighted by Gasteiger charge is -2.27. The van der Waals surface area contributed by atoms with Crippen molar-refractivity contribution < 1.29 is 19.7 Å². The highest BCUT2D eigenvalue weighted by Crippen LogP contribution is 2.36. The van der Waals surface area contributed by atoms with Gasteiger partial charge in [-0.3, -0.25) is 0 Å². The number of thioether (sulfide) groups is 1. The number of hydrogen-bond acceptors (Lipinski definition) is 6. The Labute approximate surface area is 123 Å². The van der Waals surface area contributed by atoms with Crippen molar-refractivity contribution in [2.24, 2.45) is 0 Å². The minimum atomic E-state index is -0.692. The van der Waals surface area contributed by atoms with Crippen molar-refractivity contribution in [3.63, 3.8) is 0 Å². The Morgan fingerprint density at radius 1 is 1.20 bits per heavy atom. The number of benzene rings is 1. The first-order valence-electron chi connectivity index (χ1n) is 6.55. The summed E-state index contributed by atoms with van der Waals surface area (Å²) in [6, 6.07) is 3.94. The van der Waals surface area contributed by atoms with Gasteiger partial charge in [0.1, 0.15) is 13.2 Å². The van der Waals surface area contributed by atoms with E-state index >= 15 is 0 Å². The van der Waals surface area contributed by atoms with Crippen molar-refractivity contribution in [3.05, 3.63) is 17.7 Å². The first kappa shape index (κ1) is 15.4. The molecule has 0 saturated carbocycles. The molecule has 3 N–H and O–H groups in total. The zero-order chi connectivity index (χ0) is 14.6. The normalized spacial score (nSPS) is 14.4. The highest BCUT2D eigenvalue weighted by Gasteiger charge is 2.22. The molecule has 0 saturated heterocycles. The van der Waals surface area contributed by atoms with Gasteiger partial charge in [-0.2, -0.15) is 0 Å². The van der Waals surface area contributed by atoms with Crippen molar-refractivity contribution in [1.82, 2.24) is 5.32 Å². The van der Waals surface area contributed by atoms with E-state index in [0.29, 0.717) is 19.8 Å². The van der Waals surface area contributed by atoms with Crippen molar-refractivity contribution in [2.75, 3.05) is 32.7 Å². The largest absolute Gasteiger partial charge is 0.486 e. The van der Waals surface area contributed by atoms with Crippen LogP contribution in [0.1, 0.15) is 12.5 Å². The Morgan fingerprint density at radius 3 is 2.35 bits per heavy atom. The SMILES string of the molecule is CSc1cc2c(cc1CNC(C)(CO)CO)OCCO2. The van der Waals surface area contributed by atoms with Crippen LogP contribution in [0.15, 0.2) is 17.0 Å². The summed E-state index contributed by atoms with van der Waals surface area (Å²) >= 11 is 1.63. The van der Waals surface area contributed by atoms with Crippen molar-refractivity contribution >= 4 is 11.8 Å². The molecule has 6 heteroatoms. The van der Waals surface area contributed by atoms with Gasteiger partial charge in [-0.05, 0) is 30.9 Å². The van der Waals surface area contributed by atoms with Gasteiger partial charge in [-0.15, -0.1) is 11.8 Å². The van der Waals surface area contributed by atoms with Crippen LogP contribution in [0.25, 0.3) is 0 Å². The fourth-order valence-corrected chi connectivity index (χ4v) is 2.53. The van der Waals surface area contributed by atoms with Crippen LogP contribution in [0.2, 0.25) is 0 Å². The third-order valence-electron chi connectivity index (χ3n) is 3.35. The Morgan fingerprint density at radius 2 is 1.80 bits per heavy atom. The van der Waals surface area contributed by atoms with Gasteiger partial charge in [0.2, 0.25) is 0 Å². The Bertz CT molecular complexity index is 463. The second kappa shape index (κ2) is 6.67. The summed E-state index contributed by atoms with van der Waals surface area (Å²) in [5.74, 6) is 1.52. The maximum absolute atomic E-state index is 9.31. The number of hydrogen-bond donors (Lipinski definition) is 3. The van der Waals surface area contributed by atoms with E-state index in [1.165, 1.54) is 0 Å². The van der Waals surface area contributed by atoms with Gasteiger partial charge in [0, 0.05) is 11.4 Å². The topological polar surface area (TPSA) is 71.0 Å². The molecule has 5 nitrogen and oxygen atoms in total. The second-order valence-electron chi connectivity index (χ2n) is 5.04. The fourth-order valence-electron chi connectivity index (χ4n) is 1.91. The Balaban J connectivity index is 2.18. The second-order valence-corrected chi connectivity index (χ2v) is 5.89. The minimum Gasteiger partial charge on any atom is -0.486 e. The molecule has 0 bridgehead atoms. The van der Waals surface area contributed by atoms with Gasteiger partial charge < -0.3 is 25.0 Å². The van der Waals surface area contributed by atoms with Gasteiger partial charge >= 0.3 is 0 Å². The molecule has 1 aliphatic heterocycles. The van der Waals surface area contributed by atoms with Crippen LogP contribution in [0, 0.1) is 0 Å². The number of aliphatic hydroxyl groups excluding tert-OH is 2. The van der Waals surface area contributed by atoms with Crippen LogP contribution in [0.3, 0.4) is 0 Å². The molecule has 1 aliphatic rings. The molecule has 1 aromatic carbocycles. The smallest absolute Gasteiger partial charge is 0.162 e. The molecule has 1 heterocycles. The van der Waals surface area contributed by atoms with Crippen LogP contribution in [0.4, 0.5) is 0 Å². The number of ether oxygens (including phenoxy) is 2. The lowest BCUT2D eigenvalue weighted by atomic mass is 10.0. The van der Waals surface area contributed by atoms with Crippen LogP contribution < -0.4 is 14.8 Å². The highest BCUT2D eigenvalue weighted by molar-refractivity contribution is 7.98. The zero-order valence-electron chi connectivity index (χ0n) is 11.8. The summed E-state index contributed by atoms with van der Waals surface area (Å²) in [6.45, 7) is 3.22. The zero-order valence-corrected chi connectivity index (χ0v) is 12.6. The summed E-state index contributed by atoms with van der Waals surface area (Å²) in [5, 5.41) is 21.8.